The van der Waals surface area contributed by atoms with Gasteiger partial charge in [0.2, 0.25) is 0 Å². The molecule has 22 heavy (non-hydrogen) atoms. The molecule has 1 aliphatic rings. The molecule has 0 fully saturated rings. The van der Waals surface area contributed by atoms with Gasteiger partial charge in [-0.1, -0.05) is 36.4 Å². The Kier molecular flexibility index (Phi) is 4.06. The Hall–Kier alpha value is -2.80. The standard InChI is InChI=1S/C18H16N2O2/c19-12-15-8-4-10-17-16(15)9-5-11-20(17)18(21)22-13-14-6-2-1-3-7-14/h1-4,6-8,10H,5,9,11,13H2. The largest absolute Gasteiger partial charge is 0.444 e. The van der Waals surface area contributed by atoms with Crippen LogP contribution in [-0.4, -0.2) is 12.6 Å². The first kappa shape index (κ1) is 14.2. The predicted octanol–water partition coefficient (Wildman–Crippen LogP) is 3.65. The van der Waals surface area contributed by atoms with Gasteiger partial charge in [-0.3, -0.25) is 4.90 Å². The summed E-state index contributed by atoms with van der Waals surface area (Å²) >= 11 is 0. The van der Waals surface area contributed by atoms with Gasteiger partial charge in [-0.2, -0.15) is 5.26 Å². The van der Waals surface area contributed by atoms with Crippen LogP contribution in [-0.2, 0) is 17.8 Å². The second kappa shape index (κ2) is 6.31. The van der Waals surface area contributed by atoms with Gasteiger partial charge in [-0.15, -0.1) is 0 Å². The van der Waals surface area contributed by atoms with E-state index in [1.54, 1.807) is 17.0 Å². The maximum absolute atomic E-state index is 12.4. The highest BCUT2D eigenvalue weighted by Gasteiger charge is 2.25. The predicted molar refractivity (Wildman–Crippen MR) is 83.5 cm³/mol. The Balaban J connectivity index is 1.77. The zero-order valence-corrected chi connectivity index (χ0v) is 12.2. The summed E-state index contributed by atoms with van der Waals surface area (Å²) in [6.07, 6.45) is 1.30. The number of hydrogen-bond donors (Lipinski definition) is 0. The number of ether oxygens (including phenoxy) is 1. The monoisotopic (exact) mass is 292 g/mol. The fraction of sp³-hybridized carbons (Fsp3) is 0.222. The van der Waals surface area contributed by atoms with Crippen LogP contribution in [0.4, 0.5) is 10.5 Å². The van der Waals surface area contributed by atoms with Crippen LogP contribution in [0.5, 0.6) is 0 Å². The van der Waals surface area contributed by atoms with Crippen molar-refractivity contribution in [1.82, 2.24) is 0 Å². The summed E-state index contributed by atoms with van der Waals surface area (Å²) < 4.78 is 5.40. The van der Waals surface area contributed by atoms with Gasteiger partial charge >= 0.3 is 6.09 Å². The van der Waals surface area contributed by atoms with E-state index in [9.17, 15) is 10.1 Å². The summed E-state index contributed by atoms with van der Waals surface area (Å²) in [6.45, 7) is 0.874. The molecule has 0 saturated heterocycles. The summed E-state index contributed by atoms with van der Waals surface area (Å²) in [6, 6.07) is 17.3. The molecular weight excluding hydrogens is 276 g/mol. The van der Waals surface area contributed by atoms with E-state index in [2.05, 4.69) is 6.07 Å². The first-order chi connectivity index (χ1) is 10.8. The highest BCUT2D eigenvalue weighted by atomic mass is 16.6. The molecule has 1 heterocycles. The average molecular weight is 292 g/mol. The number of rotatable bonds is 2. The van der Waals surface area contributed by atoms with Gasteiger partial charge in [0.15, 0.2) is 0 Å². The number of nitrogens with zero attached hydrogens (tertiary/aromatic N) is 2. The molecule has 2 aromatic carbocycles. The molecule has 0 bridgehead atoms. The number of carbonyl (C=O) groups excluding carboxylic acids is 1. The van der Waals surface area contributed by atoms with Gasteiger partial charge in [0, 0.05) is 6.54 Å². The number of carbonyl (C=O) groups is 1. The van der Waals surface area contributed by atoms with Crippen molar-refractivity contribution in [2.24, 2.45) is 0 Å². The molecule has 1 aliphatic heterocycles. The van der Waals surface area contributed by atoms with E-state index in [1.807, 2.05) is 36.4 Å². The third kappa shape index (κ3) is 2.79. The van der Waals surface area contributed by atoms with Crippen LogP contribution < -0.4 is 4.90 Å². The Bertz CT molecular complexity index is 720. The van der Waals surface area contributed by atoms with Crippen molar-refractivity contribution in [3.63, 3.8) is 0 Å². The van der Waals surface area contributed by atoms with Gasteiger partial charge in [0.25, 0.3) is 0 Å². The second-order valence-electron chi connectivity index (χ2n) is 5.21. The van der Waals surface area contributed by atoms with Crippen molar-refractivity contribution in [1.29, 1.82) is 5.26 Å². The molecule has 110 valence electrons. The third-order valence-electron chi connectivity index (χ3n) is 3.80. The Labute approximate surface area is 129 Å². The van der Waals surface area contributed by atoms with Crippen molar-refractivity contribution < 1.29 is 9.53 Å². The van der Waals surface area contributed by atoms with Crippen molar-refractivity contribution in [3.8, 4) is 6.07 Å². The molecule has 0 N–H and O–H groups in total. The van der Waals surface area contributed by atoms with E-state index in [1.165, 1.54) is 0 Å². The highest BCUT2D eigenvalue weighted by molar-refractivity contribution is 5.89. The Morgan fingerprint density at radius 2 is 2.00 bits per heavy atom. The molecule has 2 aromatic rings. The lowest BCUT2D eigenvalue weighted by atomic mass is 9.97. The molecule has 0 unspecified atom stereocenters. The Morgan fingerprint density at radius 1 is 1.18 bits per heavy atom. The average Bonchev–Trinajstić information content (AvgIpc) is 2.59. The molecule has 0 atom stereocenters. The van der Waals surface area contributed by atoms with Crippen LogP contribution in [0.3, 0.4) is 0 Å². The number of amides is 1. The van der Waals surface area contributed by atoms with E-state index in [0.717, 1.165) is 29.7 Å². The van der Waals surface area contributed by atoms with Gasteiger partial charge in [-0.25, -0.2) is 4.79 Å². The number of benzene rings is 2. The first-order valence-corrected chi connectivity index (χ1v) is 7.30. The van der Waals surface area contributed by atoms with Gasteiger partial charge in [-0.05, 0) is 36.1 Å². The van der Waals surface area contributed by atoms with Crippen molar-refractivity contribution >= 4 is 11.8 Å². The van der Waals surface area contributed by atoms with Crippen LogP contribution in [0, 0.1) is 11.3 Å². The van der Waals surface area contributed by atoms with Crippen LogP contribution in [0.2, 0.25) is 0 Å². The van der Waals surface area contributed by atoms with Crippen molar-refractivity contribution in [3.05, 3.63) is 65.2 Å². The summed E-state index contributed by atoms with van der Waals surface area (Å²) in [7, 11) is 0. The molecule has 0 saturated carbocycles. The molecule has 0 aromatic heterocycles. The fourth-order valence-corrected chi connectivity index (χ4v) is 2.72. The van der Waals surface area contributed by atoms with Crippen molar-refractivity contribution in [2.75, 3.05) is 11.4 Å². The minimum Gasteiger partial charge on any atom is -0.444 e. The zero-order chi connectivity index (χ0) is 15.4. The number of nitriles is 1. The number of hydrogen-bond acceptors (Lipinski definition) is 3. The highest BCUT2D eigenvalue weighted by Crippen LogP contribution is 2.30. The zero-order valence-electron chi connectivity index (χ0n) is 12.2. The van der Waals surface area contributed by atoms with E-state index in [-0.39, 0.29) is 12.7 Å². The van der Waals surface area contributed by atoms with E-state index in [4.69, 9.17) is 4.74 Å². The molecule has 4 nitrogen and oxygen atoms in total. The lowest BCUT2D eigenvalue weighted by Gasteiger charge is -2.29. The molecule has 0 spiro atoms. The van der Waals surface area contributed by atoms with E-state index in [0.29, 0.717) is 12.1 Å². The molecular formula is C18H16N2O2. The normalized spacial score (nSPS) is 13.1. The summed E-state index contributed by atoms with van der Waals surface area (Å²) in [4.78, 5) is 14.0. The summed E-state index contributed by atoms with van der Waals surface area (Å²) in [5.41, 5.74) is 3.33. The lowest BCUT2D eigenvalue weighted by molar-refractivity contribution is 0.146. The van der Waals surface area contributed by atoms with Crippen molar-refractivity contribution in [2.45, 2.75) is 19.4 Å². The van der Waals surface area contributed by atoms with E-state index < -0.39 is 0 Å². The molecule has 4 heteroatoms. The minimum absolute atomic E-state index is 0.253. The topological polar surface area (TPSA) is 53.3 Å². The maximum atomic E-state index is 12.4. The molecule has 0 radical (unpaired) electrons. The first-order valence-electron chi connectivity index (χ1n) is 7.30. The smallest absolute Gasteiger partial charge is 0.414 e. The third-order valence-corrected chi connectivity index (χ3v) is 3.80. The molecule has 3 rings (SSSR count). The van der Waals surface area contributed by atoms with Gasteiger partial charge < -0.3 is 4.74 Å². The summed E-state index contributed by atoms with van der Waals surface area (Å²) in [5, 5.41) is 9.19. The molecule has 1 amide bonds. The van der Waals surface area contributed by atoms with Crippen LogP contribution >= 0.6 is 0 Å². The Morgan fingerprint density at radius 3 is 2.77 bits per heavy atom. The van der Waals surface area contributed by atoms with Crippen LogP contribution in [0.25, 0.3) is 0 Å². The lowest BCUT2D eigenvalue weighted by Crippen LogP contribution is -2.36. The number of fused-ring (bicyclic) bond motifs is 1. The van der Waals surface area contributed by atoms with Gasteiger partial charge in [0.1, 0.15) is 6.61 Å². The van der Waals surface area contributed by atoms with Gasteiger partial charge in [0.05, 0.1) is 17.3 Å². The van der Waals surface area contributed by atoms with E-state index >= 15 is 0 Å². The summed E-state index contributed by atoms with van der Waals surface area (Å²) in [5.74, 6) is 0. The van der Waals surface area contributed by atoms with Crippen LogP contribution in [0.1, 0.15) is 23.1 Å². The minimum atomic E-state index is -0.361. The quantitative estimate of drug-likeness (QED) is 0.849. The SMILES string of the molecule is N#Cc1cccc2c1CCCN2C(=O)OCc1ccccc1. The number of anilines is 1. The fourth-order valence-electron chi connectivity index (χ4n) is 2.72. The van der Waals surface area contributed by atoms with Crippen LogP contribution in [0.15, 0.2) is 48.5 Å². The maximum Gasteiger partial charge on any atom is 0.414 e. The molecule has 0 aliphatic carbocycles. The second-order valence-corrected chi connectivity index (χ2v) is 5.21.